The molecule has 0 bridgehead atoms. The van der Waals surface area contributed by atoms with E-state index in [1.165, 1.54) is 6.07 Å². The van der Waals surface area contributed by atoms with E-state index in [2.05, 4.69) is 5.32 Å². The molecule has 0 fully saturated rings. The molecule has 0 aliphatic carbocycles. The lowest BCUT2D eigenvalue weighted by atomic mass is 10.1. The summed E-state index contributed by atoms with van der Waals surface area (Å²) in [5, 5.41) is 3.64. The van der Waals surface area contributed by atoms with E-state index in [1.54, 1.807) is 19.2 Å². The molecular formula is C11H10F3NS. The maximum absolute atomic E-state index is 12.5. The van der Waals surface area contributed by atoms with Crippen molar-refractivity contribution in [1.82, 2.24) is 5.32 Å². The molecule has 2 aromatic rings. The van der Waals surface area contributed by atoms with Gasteiger partial charge in [0.15, 0.2) is 0 Å². The largest absolute Gasteiger partial charge is 0.425 e. The van der Waals surface area contributed by atoms with E-state index in [0.717, 1.165) is 16.9 Å². The van der Waals surface area contributed by atoms with Gasteiger partial charge in [-0.15, -0.1) is 11.3 Å². The second-order valence-electron chi connectivity index (χ2n) is 3.47. The van der Waals surface area contributed by atoms with Crippen LogP contribution in [0.15, 0.2) is 24.3 Å². The van der Waals surface area contributed by atoms with Crippen molar-refractivity contribution in [2.45, 2.75) is 12.7 Å². The number of benzene rings is 1. The fraction of sp³-hybridized carbons (Fsp3) is 0.273. The van der Waals surface area contributed by atoms with Crippen LogP contribution < -0.4 is 5.32 Å². The van der Waals surface area contributed by atoms with Crippen LogP contribution in [0.25, 0.3) is 10.1 Å². The van der Waals surface area contributed by atoms with Crippen molar-refractivity contribution >= 4 is 21.4 Å². The molecule has 1 N–H and O–H groups in total. The lowest BCUT2D eigenvalue weighted by molar-refractivity contribution is -0.134. The first-order chi connectivity index (χ1) is 7.52. The van der Waals surface area contributed by atoms with Crippen molar-refractivity contribution < 1.29 is 13.2 Å². The molecule has 0 radical (unpaired) electrons. The van der Waals surface area contributed by atoms with Crippen molar-refractivity contribution in [3.63, 3.8) is 0 Å². The molecule has 1 heterocycles. The summed E-state index contributed by atoms with van der Waals surface area (Å²) in [5.74, 6) is 0. The van der Waals surface area contributed by atoms with E-state index in [-0.39, 0.29) is 0 Å². The second-order valence-corrected chi connectivity index (χ2v) is 4.55. The Morgan fingerprint density at radius 1 is 1.31 bits per heavy atom. The number of hydrogen-bond donors (Lipinski definition) is 1. The highest BCUT2D eigenvalue weighted by Crippen LogP contribution is 2.38. The number of thiophene rings is 1. The molecule has 0 atom stereocenters. The van der Waals surface area contributed by atoms with E-state index >= 15 is 0 Å². The predicted octanol–water partition coefficient (Wildman–Crippen LogP) is 3.64. The van der Waals surface area contributed by atoms with Crippen LogP contribution in [0.2, 0.25) is 0 Å². The quantitative estimate of drug-likeness (QED) is 0.851. The summed E-state index contributed by atoms with van der Waals surface area (Å²) >= 11 is 0.791. The highest BCUT2D eigenvalue weighted by Gasteiger charge is 2.32. The molecule has 0 aliphatic heterocycles. The molecule has 0 aliphatic rings. The van der Waals surface area contributed by atoms with Gasteiger partial charge in [0.2, 0.25) is 0 Å². The molecule has 0 unspecified atom stereocenters. The number of halogens is 3. The summed E-state index contributed by atoms with van der Waals surface area (Å²) < 4.78 is 38.3. The van der Waals surface area contributed by atoms with Gasteiger partial charge in [-0.1, -0.05) is 12.1 Å². The lowest BCUT2D eigenvalue weighted by Gasteiger charge is -2.01. The van der Waals surface area contributed by atoms with E-state index in [9.17, 15) is 13.2 Å². The number of nitrogens with one attached hydrogen (secondary N) is 1. The van der Waals surface area contributed by atoms with E-state index < -0.39 is 11.1 Å². The topological polar surface area (TPSA) is 12.0 Å². The molecule has 0 saturated carbocycles. The van der Waals surface area contributed by atoms with Crippen molar-refractivity contribution in [1.29, 1.82) is 0 Å². The average molecular weight is 245 g/mol. The average Bonchev–Trinajstić information content (AvgIpc) is 2.62. The van der Waals surface area contributed by atoms with Crippen LogP contribution in [0.5, 0.6) is 0 Å². The van der Waals surface area contributed by atoms with E-state index in [0.29, 0.717) is 16.6 Å². The summed E-state index contributed by atoms with van der Waals surface area (Å²) in [6, 6.07) is 6.57. The summed E-state index contributed by atoms with van der Waals surface area (Å²) in [5.41, 5.74) is 0.895. The third-order valence-electron chi connectivity index (χ3n) is 2.30. The van der Waals surface area contributed by atoms with Gasteiger partial charge in [0.25, 0.3) is 0 Å². The van der Waals surface area contributed by atoms with Gasteiger partial charge in [-0.3, -0.25) is 0 Å². The zero-order valence-electron chi connectivity index (χ0n) is 8.56. The number of alkyl halides is 3. The van der Waals surface area contributed by atoms with Crippen molar-refractivity contribution in [3.8, 4) is 0 Å². The number of fused-ring (bicyclic) bond motifs is 1. The summed E-state index contributed by atoms with van der Waals surface area (Å²) in [4.78, 5) is -0.536. The van der Waals surface area contributed by atoms with E-state index in [4.69, 9.17) is 0 Å². The first-order valence-electron chi connectivity index (χ1n) is 4.75. The summed E-state index contributed by atoms with van der Waals surface area (Å²) in [6.07, 6.45) is -4.25. The lowest BCUT2D eigenvalue weighted by Crippen LogP contribution is -2.05. The van der Waals surface area contributed by atoms with Crippen LogP contribution in [-0.4, -0.2) is 7.05 Å². The summed E-state index contributed by atoms with van der Waals surface area (Å²) in [6.45, 7) is 0.575. The van der Waals surface area contributed by atoms with Crippen LogP contribution in [0.1, 0.15) is 10.4 Å². The van der Waals surface area contributed by atoms with Gasteiger partial charge in [0.1, 0.15) is 4.88 Å². The van der Waals surface area contributed by atoms with Crippen molar-refractivity contribution in [3.05, 3.63) is 34.7 Å². The van der Waals surface area contributed by atoms with Gasteiger partial charge in [0, 0.05) is 11.2 Å². The third kappa shape index (κ3) is 2.05. The zero-order chi connectivity index (χ0) is 11.8. The van der Waals surface area contributed by atoms with Crippen LogP contribution in [0.3, 0.4) is 0 Å². The van der Waals surface area contributed by atoms with Gasteiger partial charge < -0.3 is 5.32 Å². The van der Waals surface area contributed by atoms with Crippen LogP contribution >= 0.6 is 11.3 Å². The number of rotatable bonds is 2. The first kappa shape index (κ1) is 11.4. The fourth-order valence-electron chi connectivity index (χ4n) is 1.61. The summed E-state index contributed by atoms with van der Waals surface area (Å²) in [7, 11) is 1.77. The van der Waals surface area contributed by atoms with Crippen LogP contribution in [0.4, 0.5) is 13.2 Å². The second kappa shape index (κ2) is 4.07. The molecule has 0 saturated heterocycles. The SMILES string of the molecule is CNCc1cccc2sc(C(F)(F)F)cc12. The van der Waals surface area contributed by atoms with E-state index in [1.807, 2.05) is 6.07 Å². The fourth-order valence-corrected chi connectivity index (χ4v) is 2.58. The van der Waals surface area contributed by atoms with Crippen LogP contribution in [0, 0.1) is 0 Å². The van der Waals surface area contributed by atoms with Gasteiger partial charge >= 0.3 is 6.18 Å². The molecular weight excluding hydrogens is 235 g/mol. The Morgan fingerprint density at radius 2 is 2.06 bits per heavy atom. The molecule has 0 spiro atoms. The maximum atomic E-state index is 12.5. The Labute approximate surface area is 94.9 Å². The predicted molar refractivity (Wildman–Crippen MR) is 59.6 cm³/mol. The molecule has 2 rings (SSSR count). The third-order valence-corrected chi connectivity index (χ3v) is 3.44. The maximum Gasteiger partial charge on any atom is 0.425 e. The Balaban J connectivity index is 2.57. The zero-order valence-corrected chi connectivity index (χ0v) is 9.38. The standard InChI is InChI=1S/C11H10F3NS/c1-15-6-7-3-2-4-9-8(7)5-10(16-9)11(12,13)14/h2-5,15H,6H2,1H3. The smallest absolute Gasteiger partial charge is 0.316 e. The minimum Gasteiger partial charge on any atom is -0.316 e. The Bertz CT molecular complexity index is 501. The highest BCUT2D eigenvalue weighted by molar-refractivity contribution is 7.19. The van der Waals surface area contributed by atoms with Crippen LogP contribution in [-0.2, 0) is 12.7 Å². The van der Waals surface area contributed by atoms with Crippen molar-refractivity contribution in [2.24, 2.45) is 0 Å². The Morgan fingerprint density at radius 3 is 2.69 bits per heavy atom. The molecule has 16 heavy (non-hydrogen) atoms. The van der Waals surface area contributed by atoms with Crippen molar-refractivity contribution in [2.75, 3.05) is 7.05 Å². The number of hydrogen-bond acceptors (Lipinski definition) is 2. The molecule has 1 aromatic carbocycles. The highest BCUT2D eigenvalue weighted by atomic mass is 32.1. The minimum absolute atomic E-state index is 0.536. The monoisotopic (exact) mass is 245 g/mol. The van der Waals surface area contributed by atoms with Gasteiger partial charge in [-0.05, 0) is 30.1 Å². The molecule has 0 amide bonds. The minimum atomic E-state index is -4.25. The van der Waals surface area contributed by atoms with Gasteiger partial charge in [-0.25, -0.2) is 0 Å². The van der Waals surface area contributed by atoms with Gasteiger partial charge in [0.05, 0.1) is 0 Å². The molecule has 1 nitrogen and oxygen atoms in total. The van der Waals surface area contributed by atoms with Gasteiger partial charge in [-0.2, -0.15) is 13.2 Å². The Hall–Kier alpha value is -1.07. The molecule has 86 valence electrons. The Kier molecular flexibility index (Phi) is 2.90. The molecule has 1 aromatic heterocycles. The first-order valence-corrected chi connectivity index (χ1v) is 5.57. The molecule has 5 heteroatoms. The normalized spacial score (nSPS) is 12.2.